The van der Waals surface area contributed by atoms with Crippen molar-refractivity contribution in [2.24, 2.45) is 5.92 Å². The summed E-state index contributed by atoms with van der Waals surface area (Å²) in [5.74, 6) is 0.575. The molecule has 3 unspecified atom stereocenters. The highest BCUT2D eigenvalue weighted by atomic mass is 32.2. The topological polar surface area (TPSA) is 34.1 Å². The van der Waals surface area contributed by atoms with Crippen LogP contribution in [-0.2, 0) is 15.6 Å². The van der Waals surface area contributed by atoms with E-state index in [1.165, 1.54) is 0 Å². The van der Waals surface area contributed by atoms with Crippen molar-refractivity contribution in [2.75, 3.05) is 12.5 Å². The van der Waals surface area contributed by atoms with Gasteiger partial charge in [0.15, 0.2) is 0 Å². The van der Waals surface area contributed by atoms with Crippen LogP contribution in [0.4, 0.5) is 0 Å². The van der Waals surface area contributed by atoms with Gasteiger partial charge in [0.1, 0.15) is 5.78 Å². The molecule has 2 nitrogen and oxygen atoms in total. The molecule has 0 amide bonds. The van der Waals surface area contributed by atoms with E-state index in [-0.39, 0.29) is 10.5 Å². The van der Waals surface area contributed by atoms with Crippen molar-refractivity contribution in [3.05, 3.63) is 0 Å². The molecule has 1 aliphatic carbocycles. The first-order valence-electron chi connectivity index (χ1n) is 5.03. The van der Waals surface area contributed by atoms with Gasteiger partial charge >= 0.3 is 0 Å². The Bertz CT molecular complexity index is 228. The lowest BCUT2D eigenvalue weighted by molar-refractivity contribution is -0.124. The Kier molecular flexibility index (Phi) is 5.17. The summed E-state index contributed by atoms with van der Waals surface area (Å²) < 4.78 is 11.5. The van der Waals surface area contributed by atoms with Crippen molar-refractivity contribution in [1.29, 1.82) is 0 Å². The average Bonchev–Trinajstić information content (AvgIpc) is 2.16. The van der Waals surface area contributed by atoms with Gasteiger partial charge in [0.25, 0.3) is 0 Å². The predicted octanol–water partition coefficient (Wildman–Crippen LogP) is 2.20. The number of carbonyl (C=O) groups is 1. The minimum absolute atomic E-state index is 0.141. The fraction of sp³-hybridized carbons (Fsp3) is 0.900. The fourth-order valence-electron chi connectivity index (χ4n) is 1.90. The van der Waals surface area contributed by atoms with Crippen LogP contribution >= 0.6 is 11.8 Å². The van der Waals surface area contributed by atoms with E-state index in [2.05, 4.69) is 0 Å². The van der Waals surface area contributed by atoms with E-state index in [0.29, 0.717) is 5.78 Å². The maximum atomic E-state index is 11.6. The summed E-state index contributed by atoms with van der Waals surface area (Å²) in [5, 5.41) is 0. The van der Waals surface area contributed by atoms with Gasteiger partial charge in [-0.05, 0) is 25.5 Å². The van der Waals surface area contributed by atoms with E-state index in [4.69, 9.17) is 0 Å². The van der Waals surface area contributed by atoms with Gasteiger partial charge < -0.3 is 0 Å². The van der Waals surface area contributed by atoms with Crippen molar-refractivity contribution in [2.45, 2.75) is 36.7 Å². The molecule has 1 aliphatic rings. The highest BCUT2D eigenvalue weighted by Gasteiger charge is 2.26. The third-order valence-corrected chi connectivity index (χ3v) is 5.83. The third-order valence-electron chi connectivity index (χ3n) is 2.79. The van der Waals surface area contributed by atoms with Crippen LogP contribution < -0.4 is 0 Å². The summed E-state index contributed by atoms with van der Waals surface area (Å²) in [6.45, 7) is 0. The lowest BCUT2D eigenvalue weighted by Crippen LogP contribution is -2.24. The van der Waals surface area contributed by atoms with Crippen molar-refractivity contribution in [1.82, 2.24) is 0 Å². The van der Waals surface area contributed by atoms with Crippen LogP contribution in [0, 0.1) is 5.92 Å². The largest absolute Gasteiger partial charge is 0.299 e. The molecule has 0 aromatic rings. The van der Waals surface area contributed by atoms with Gasteiger partial charge in [0.05, 0.1) is 4.58 Å². The number of rotatable bonds is 4. The summed E-state index contributed by atoms with van der Waals surface area (Å²) in [5.41, 5.74) is 0. The second-order valence-corrected chi connectivity index (χ2v) is 6.71. The number of hydrogen-bond donors (Lipinski definition) is 0. The van der Waals surface area contributed by atoms with Gasteiger partial charge in [-0.2, -0.15) is 0 Å². The molecule has 0 aromatic heterocycles. The molecule has 3 atom stereocenters. The summed E-state index contributed by atoms with van der Waals surface area (Å²) in [4.78, 5) is 11.6. The summed E-state index contributed by atoms with van der Waals surface area (Å²) in [6, 6.07) is 0. The normalized spacial score (nSPS) is 27.3. The van der Waals surface area contributed by atoms with E-state index in [0.717, 1.165) is 32.1 Å². The SMILES string of the molecule is CSC(CC1CCCCC1=O)S(C)=O. The van der Waals surface area contributed by atoms with Gasteiger partial charge in [-0.1, -0.05) is 6.42 Å². The quantitative estimate of drug-likeness (QED) is 0.748. The molecule has 14 heavy (non-hydrogen) atoms. The van der Waals surface area contributed by atoms with Crippen molar-refractivity contribution in [3.8, 4) is 0 Å². The Hall–Kier alpha value is 0.170. The maximum Gasteiger partial charge on any atom is 0.136 e. The molecule has 82 valence electrons. The first kappa shape index (κ1) is 12.2. The summed E-state index contributed by atoms with van der Waals surface area (Å²) in [7, 11) is -0.809. The van der Waals surface area contributed by atoms with Crippen molar-refractivity contribution < 1.29 is 9.00 Å². The second-order valence-electron chi connectivity index (χ2n) is 3.81. The first-order chi connectivity index (χ1) is 6.65. The van der Waals surface area contributed by atoms with Crippen LogP contribution in [0.25, 0.3) is 0 Å². The number of carbonyl (C=O) groups excluding carboxylic acids is 1. The molecule has 0 spiro atoms. The maximum absolute atomic E-state index is 11.6. The molecule has 0 radical (unpaired) electrons. The monoisotopic (exact) mass is 234 g/mol. The average molecular weight is 234 g/mol. The zero-order valence-electron chi connectivity index (χ0n) is 8.82. The van der Waals surface area contributed by atoms with Gasteiger partial charge in [-0.25, -0.2) is 0 Å². The first-order valence-corrected chi connectivity index (χ1v) is 7.93. The van der Waals surface area contributed by atoms with E-state index >= 15 is 0 Å². The van der Waals surface area contributed by atoms with E-state index in [9.17, 15) is 9.00 Å². The molecule has 0 aliphatic heterocycles. The highest BCUT2D eigenvalue weighted by Crippen LogP contribution is 2.28. The van der Waals surface area contributed by atoms with Crippen molar-refractivity contribution >= 4 is 28.3 Å². The lowest BCUT2D eigenvalue weighted by Gasteiger charge is -2.23. The Balaban J connectivity index is 2.48. The summed E-state index contributed by atoms with van der Waals surface area (Å²) in [6.07, 6.45) is 8.47. The van der Waals surface area contributed by atoms with E-state index in [1.54, 1.807) is 18.0 Å². The van der Waals surface area contributed by atoms with Gasteiger partial charge in [0, 0.05) is 29.4 Å². The molecule has 1 saturated carbocycles. The third kappa shape index (κ3) is 3.39. The van der Waals surface area contributed by atoms with Gasteiger partial charge in [-0.3, -0.25) is 9.00 Å². The molecule has 0 saturated heterocycles. The van der Waals surface area contributed by atoms with Crippen LogP contribution in [0.3, 0.4) is 0 Å². The molecule has 0 aromatic carbocycles. The smallest absolute Gasteiger partial charge is 0.136 e. The Labute approximate surface area is 92.7 Å². The highest BCUT2D eigenvalue weighted by molar-refractivity contribution is 8.10. The van der Waals surface area contributed by atoms with E-state index < -0.39 is 10.8 Å². The standard InChI is InChI=1S/C10H18O2S2/c1-13-10(14(2)12)7-8-5-3-4-6-9(8)11/h8,10H,3-7H2,1-2H3. The molecule has 0 heterocycles. The number of ketones is 1. The summed E-state index contributed by atoms with van der Waals surface area (Å²) >= 11 is 1.62. The fourth-order valence-corrected chi connectivity index (χ4v) is 3.92. The Morgan fingerprint density at radius 3 is 2.79 bits per heavy atom. The van der Waals surface area contributed by atoms with Crippen molar-refractivity contribution in [3.63, 3.8) is 0 Å². The molecule has 0 bridgehead atoms. The second kappa shape index (κ2) is 5.91. The molecule has 1 rings (SSSR count). The number of hydrogen-bond acceptors (Lipinski definition) is 3. The number of Topliss-reactive ketones (excluding diaryl/α,β-unsaturated/α-hetero) is 1. The minimum atomic E-state index is -0.809. The Morgan fingerprint density at radius 2 is 2.29 bits per heavy atom. The van der Waals surface area contributed by atoms with Crippen LogP contribution in [0.1, 0.15) is 32.1 Å². The Morgan fingerprint density at radius 1 is 1.57 bits per heavy atom. The van der Waals surface area contributed by atoms with Crippen LogP contribution in [0.2, 0.25) is 0 Å². The zero-order valence-corrected chi connectivity index (χ0v) is 10.5. The molecular weight excluding hydrogens is 216 g/mol. The van der Waals surface area contributed by atoms with Gasteiger partial charge in [-0.15, -0.1) is 11.8 Å². The minimum Gasteiger partial charge on any atom is -0.299 e. The van der Waals surface area contributed by atoms with Crippen LogP contribution in [0.15, 0.2) is 0 Å². The van der Waals surface area contributed by atoms with Crippen LogP contribution in [-0.4, -0.2) is 27.1 Å². The molecule has 4 heteroatoms. The molecule has 1 fully saturated rings. The molecule has 0 N–H and O–H groups in total. The van der Waals surface area contributed by atoms with Gasteiger partial charge in [0.2, 0.25) is 0 Å². The predicted molar refractivity (Wildman–Crippen MR) is 63.0 cm³/mol. The molecular formula is C10H18O2S2. The number of thioether (sulfide) groups is 1. The van der Waals surface area contributed by atoms with E-state index in [1.807, 2.05) is 6.26 Å². The lowest BCUT2D eigenvalue weighted by atomic mass is 9.86. The van der Waals surface area contributed by atoms with Crippen LogP contribution in [0.5, 0.6) is 0 Å². The zero-order chi connectivity index (χ0) is 10.6.